The number of carbonyl (C=O) groups is 7. The second kappa shape index (κ2) is 47.7. The Balaban J connectivity index is 0.000000198. The molecular weight excluding hydrogens is 1900 g/mol. The van der Waals surface area contributed by atoms with Crippen LogP contribution in [0.2, 0.25) is 0 Å². The van der Waals surface area contributed by atoms with Crippen molar-refractivity contribution in [3.05, 3.63) is 71.7 Å². The van der Waals surface area contributed by atoms with Gasteiger partial charge in [0, 0.05) is 93.3 Å². The van der Waals surface area contributed by atoms with E-state index in [4.69, 9.17) is 72.5 Å². The number of amides is 4. The van der Waals surface area contributed by atoms with Crippen LogP contribution in [-0.4, -0.2) is 224 Å². The number of likely N-dealkylation sites (tertiary alicyclic amines) is 1. The zero-order chi connectivity index (χ0) is 97.6. The van der Waals surface area contributed by atoms with Crippen LogP contribution in [0.1, 0.15) is 261 Å². The van der Waals surface area contributed by atoms with E-state index in [-0.39, 0.29) is 155 Å². The number of alkyl halides is 2. The topological polar surface area (TPSA) is 344 Å². The Morgan fingerprint density at radius 2 is 0.863 bits per heavy atom. The molecule has 4 saturated heterocycles. The number of hydrogen-bond donors (Lipinski definition) is 0. The van der Waals surface area contributed by atoms with Crippen molar-refractivity contribution >= 4 is 93.5 Å². The van der Waals surface area contributed by atoms with E-state index in [1.54, 1.807) is 39.2 Å². The summed E-state index contributed by atoms with van der Waals surface area (Å²) in [6.07, 6.45) is 18.8. The Morgan fingerprint density at radius 3 is 1.27 bits per heavy atom. The number of aromatic nitrogens is 6. The zero-order valence-electron chi connectivity index (χ0n) is 83.5. The molecule has 4 amide bonds. The summed E-state index contributed by atoms with van der Waals surface area (Å²) in [7, 11) is 4.79. The molecule has 3 aromatic heterocycles. The van der Waals surface area contributed by atoms with Gasteiger partial charge in [0.25, 0.3) is 6.43 Å². The third-order valence-corrected chi connectivity index (χ3v) is 31.0. The molecule has 0 N–H and O–H groups in total. The van der Waals surface area contributed by atoms with Gasteiger partial charge in [-0.05, 0) is 191 Å². The summed E-state index contributed by atoms with van der Waals surface area (Å²) in [5.74, 6) is -1.77. The number of aryl methyl sites for hydroxylation is 3. The molecule has 755 valence electrons. The molecule has 0 spiro atoms. The molecule has 4 saturated carbocycles. The number of halogens is 2. The first kappa shape index (κ1) is 111. The van der Waals surface area contributed by atoms with Crippen LogP contribution in [0.3, 0.4) is 0 Å². The fourth-order valence-electron chi connectivity index (χ4n) is 22.9. The van der Waals surface area contributed by atoms with Crippen LogP contribution in [0.5, 0.6) is 34.9 Å². The number of piperidine rings is 1. The second-order valence-electron chi connectivity index (χ2n) is 42.7. The molecule has 3 radical (unpaired) electrons. The van der Waals surface area contributed by atoms with Gasteiger partial charge in [-0.15, -0.1) is 0 Å². The van der Waals surface area contributed by atoms with Crippen molar-refractivity contribution in [2.75, 3.05) is 47.5 Å². The first-order valence-corrected chi connectivity index (χ1v) is 49.7. The smallest absolute Gasteiger partial charge is 0.307 e. The average Bonchev–Trinajstić information content (AvgIpc) is 1.63. The van der Waals surface area contributed by atoms with Crippen molar-refractivity contribution in [3.8, 4) is 34.9 Å². The van der Waals surface area contributed by atoms with Crippen LogP contribution < -0.4 is 28.4 Å². The Kier molecular flexibility index (Phi) is 38.0. The van der Waals surface area contributed by atoms with E-state index < -0.39 is 112 Å². The van der Waals surface area contributed by atoms with Crippen molar-refractivity contribution < 1.29 is 155 Å². The molecule has 6 aromatic rings. The van der Waals surface area contributed by atoms with Gasteiger partial charge in [0.15, 0.2) is 5.60 Å². The molecule has 34 heteroatoms. The Bertz CT molecular complexity index is 5330. The minimum Gasteiger partial charge on any atom is -0.540 e. The summed E-state index contributed by atoms with van der Waals surface area (Å²) in [6, 6.07) is 13.9. The van der Waals surface area contributed by atoms with Crippen LogP contribution in [0.15, 0.2) is 54.6 Å². The number of fused-ring (bicyclic) bond motifs is 14. The first-order valence-electron chi connectivity index (χ1n) is 49.7. The van der Waals surface area contributed by atoms with Crippen molar-refractivity contribution in [3.63, 3.8) is 0 Å². The van der Waals surface area contributed by atoms with Crippen molar-refractivity contribution in [2.45, 2.75) is 330 Å². The summed E-state index contributed by atoms with van der Waals surface area (Å²) in [5, 5.41) is 0. The maximum Gasteiger partial charge on any atom is 0.307 e. The van der Waals surface area contributed by atoms with Crippen molar-refractivity contribution in [2.24, 2.45) is 75.4 Å². The number of benzene rings is 3. The van der Waals surface area contributed by atoms with Gasteiger partial charge in [-0.3, -0.25) is 33.6 Å². The zero-order valence-corrected chi connectivity index (χ0v) is 87.7. The number of rotatable bonds is 9. The molecular formula is C105H139F2N10O19V3-3. The minimum absolute atomic E-state index is 0. The number of ether oxygens (including phenoxy) is 9. The SMILES string of the molecule is CC[C@@H]1[C@@H]2CN(C(=O)[C@H](C(C)(C)C)CC(=O)O[C@@H]3CCCN(C(C)=O)[C@H]3CCCCCc3nc4ccc(OC)cc4nc3O2)[C@@H]1[C-]=O.CC[C@@H]1[C@@H]2CN(C(=O)[C@H](C(C)(C)C)CC(=O)O[C@]3(C(F)F)CCC[C@H]3CCCCCc3nc4ccc(OC)cc4nc3O2)[C@@H]1[C-]=O.COc1ccc2nc3c(nc2c1)O[C@H]1CN(C(=O)[C@H](C(C)(C)C)CC(=O)O[C@@H]2C4CC(C4)[C@H]2CCCCC3)[C@H]([C-]=O)[C@@H]1C.[V].[V].[V]. The molecule has 8 fully saturated rings. The fraction of sp³-hybridized carbons (Fsp3) is 0.676. The van der Waals surface area contributed by atoms with E-state index in [0.29, 0.717) is 158 Å². The van der Waals surface area contributed by atoms with Crippen LogP contribution in [0, 0.1) is 75.4 Å². The van der Waals surface area contributed by atoms with E-state index in [9.17, 15) is 56.7 Å². The number of nitrogens with zero attached hydrogens (tertiary/aromatic N) is 10. The van der Waals surface area contributed by atoms with E-state index in [0.717, 1.165) is 99.5 Å². The van der Waals surface area contributed by atoms with Gasteiger partial charge in [0.1, 0.15) is 64.9 Å². The molecule has 11 aliphatic rings. The average molecular weight is 2040 g/mol. The van der Waals surface area contributed by atoms with E-state index >= 15 is 0 Å². The molecule has 10 heterocycles. The van der Waals surface area contributed by atoms with Gasteiger partial charge < -0.3 is 76.6 Å². The normalized spacial score (nSPS) is 29.6. The molecule has 139 heavy (non-hydrogen) atoms. The van der Waals surface area contributed by atoms with Crippen molar-refractivity contribution in [1.82, 2.24) is 49.5 Å². The summed E-state index contributed by atoms with van der Waals surface area (Å²) < 4.78 is 83.5. The number of carbonyl (C=O) groups excluding carboxylic acids is 10. The second-order valence-corrected chi connectivity index (χ2v) is 42.7. The van der Waals surface area contributed by atoms with Crippen LogP contribution in [-0.2, 0) is 137 Å². The van der Waals surface area contributed by atoms with Crippen LogP contribution >= 0.6 is 0 Å². The van der Waals surface area contributed by atoms with Crippen molar-refractivity contribution in [1.29, 1.82) is 0 Å². The molecule has 3 aromatic carbocycles. The summed E-state index contributed by atoms with van der Waals surface area (Å²) in [4.78, 5) is 169. The van der Waals surface area contributed by atoms with Crippen LogP contribution in [0.4, 0.5) is 8.78 Å². The Labute approximate surface area is 851 Å². The van der Waals surface area contributed by atoms with Gasteiger partial charge in [-0.25, -0.2) is 57.5 Å². The summed E-state index contributed by atoms with van der Waals surface area (Å²) >= 11 is 0. The molecule has 18 atom stereocenters. The molecule has 7 aliphatic heterocycles. The quantitative estimate of drug-likeness (QED) is 0.0737. The van der Waals surface area contributed by atoms with Gasteiger partial charge in [-0.2, -0.15) is 0 Å². The van der Waals surface area contributed by atoms with Gasteiger partial charge in [-0.1, -0.05) is 153 Å². The van der Waals surface area contributed by atoms with E-state index in [1.165, 1.54) is 9.80 Å². The molecule has 0 unspecified atom stereocenters. The minimum atomic E-state index is -2.83. The predicted octanol–water partition coefficient (Wildman–Crippen LogP) is 16.1. The summed E-state index contributed by atoms with van der Waals surface area (Å²) in [5.41, 5.74) is 2.52. The van der Waals surface area contributed by atoms with Gasteiger partial charge in [0.2, 0.25) is 41.3 Å². The Hall–Kier alpha value is -8.61. The maximum atomic E-state index is 14.7. The Morgan fingerprint density at radius 1 is 0.468 bits per heavy atom. The molecule has 8 bridgehead atoms. The summed E-state index contributed by atoms with van der Waals surface area (Å²) in [6.45, 7) is 25.5. The number of hydrogen-bond acceptors (Lipinski definition) is 25. The third kappa shape index (κ3) is 24.9. The predicted molar refractivity (Wildman–Crippen MR) is 503 cm³/mol. The first-order chi connectivity index (χ1) is 64.9. The van der Waals surface area contributed by atoms with Gasteiger partial charge in [0.05, 0.1) is 117 Å². The number of methoxy groups -OCH3 is 3. The monoisotopic (exact) mass is 2030 g/mol. The van der Waals surface area contributed by atoms with Crippen LogP contribution in [0.25, 0.3) is 33.1 Å². The fourth-order valence-corrected chi connectivity index (χ4v) is 22.9. The standard InChI is InChI=1S/C36H49N4O7.C35H46F2N3O6.C34H44N3O6.3V/c1-7-24-30(21-41)40-20-32(24)47-34-27(37-26-16-15-23(45-6)18-28(26)38-34)12-9-8-10-13-29-31(14-11-17-39(29)22(2)42)46-33(43)19-25(35(40)44)36(3,4)5;1-6-23-28(20-41)40-19-29(23)45-31-26(38-25-15-14-22(44-5)17-27(25)39-31)13-9-7-8-11-21-12-10-16-35(21,33(36)37)46-30(42)18-24(32(40)43)34(2,3)4;1-19-28(18-38)37-17-29(19)42-32-26(35-25-12-11-22(41-5)15-27(25)36-32)10-8-6-7-9-23-20-13-21(14-20)31(23)43-30(39)16-24(33(37)40)34(2,3)4;;;/h15-16,18,24-25,29-32H,7-14,17,19-20H2,1-6H3;14-15,17,21,23-24,28-29,33H,6-13,16,18-19H2,1-5H3;11-12,15,19-21,23-24,28-29,31H,6-10,13-14,16-17H2,1-5H3;;;/q3*-1;;;/t24-,25+,29-,30+,31+,32-;21-,23+,24-,28-,29+,35-;19-,20?,21?,23+,24+,28+,29-,31+;;;/m010.../s1. The number of esters is 3. The molecule has 29 nitrogen and oxygen atoms in total. The maximum absolute atomic E-state index is 14.7. The largest absolute Gasteiger partial charge is 0.540 e. The third-order valence-electron chi connectivity index (χ3n) is 31.0. The molecule has 17 rings (SSSR count). The van der Waals surface area contributed by atoms with Gasteiger partial charge >= 0.3 is 17.9 Å². The van der Waals surface area contributed by atoms with E-state index in [2.05, 4.69) is 18.9 Å². The molecule has 4 aliphatic carbocycles. The van der Waals surface area contributed by atoms with E-state index in [1.807, 2.05) is 137 Å².